The van der Waals surface area contributed by atoms with Gasteiger partial charge in [0.05, 0.1) is 6.54 Å². The molecule has 1 unspecified atom stereocenters. The van der Waals surface area contributed by atoms with Crippen LogP contribution in [0.3, 0.4) is 0 Å². The zero-order valence-corrected chi connectivity index (χ0v) is 13.1. The van der Waals surface area contributed by atoms with Crippen molar-refractivity contribution in [3.05, 3.63) is 34.9 Å². The minimum atomic E-state index is 0.274. The fourth-order valence-electron chi connectivity index (χ4n) is 3.12. The number of Topliss-reactive ketones (excluding diaryl/α,β-unsaturated/α-hetero) is 1. The van der Waals surface area contributed by atoms with Crippen LogP contribution in [0.25, 0.3) is 0 Å². The van der Waals surface area contributed by atoms with Crippen LogP contribution in [0.1, 0.15) is 60.5 Å². The van der Waals surface area contributed by atoms with Gasteiger partial charge in [0.2, 0.25) is 0 Å². The topological polar surface area (TPSA) is 20.3 Å². The molecule has 1 fully saturated rings. The van der Waals surface area contributed by atoms with Crippen molar-refractivity contribution in [2.45, 2.75) is 58.9 Å². The molecule has 0 aliphatic carbocycles. The average molecular weight is 273 g/mol. The van der Waals surface area contributed by atoms with Crippen LogP contribution in [0.4, 0.5) is 0 Å². The van der Waals surface area contributed by atoms with E-state index in [0.29, 0.717) is 12.6 Å². The summed E-state index contributed by atoms with van der Waals surface area (Å²) in [5.41, 5.74) is 3.33. The Balaban J connectivity index is 2.03. The molecule has 0 radical (unpaired) electrons. The Morgan fingerprint density at radius 1 is 1.25 bits per heavy atom. The smallest absolute Gasteiger partial charge is 0.176 e. The molecule has 0 bridgehead atoms. The van der Waals surface area contributed by atoms with Crippen molar-refractivity contribution >= 4 is 5.78 Å². The second-order valence-electron chi connectivity index (χ2n) is 6.13. The molecule has 2 rings (SSSR count). The highest BCUT2D eigenvalue weighted by molar-refractivity contribution is 5.97. The van der Waals surface area contributed by atoms with E-state index in [4.69, 9.17) is 0 Å². The van der Waals surface area contributed by atoms with Gasteiger partial charge in [0.25, 0.3) is 0 Å². The average Bonchev–Trinajstić information content (AvgIpc) is 2.44. The van der Waals surface area contributed by atoms with Gasteiger partial charge in [-0.2, -0.15) is 0 Å². The molecule has 1 heterocycles. The normalized spacial score (nSPS) is 20.1. The van der Waals surface area contributed by atoms with Crippen molar-refractivity contribution in [3.8, 4) is 0 Å². The first-order valence-electron chi connectivity index (χ1n) is 7.96. The van der Waals surface area contributed by atoms with Gasteiger partial charge in [0.15, 0.2) is 5.78 Å². The van der Waals surface area contributed by atoms with E-state index >= 15 is 0 Å². The third-order valence-electron chi connectivity index (χ3n) is 4.55. The largest absolute Gasteiger partial charge is 0.293 e. The molecule has 0 saturated carbocycles. The van der Waals surface area contributed by atoms with Crippen LogP contribution in [-0.2, 0) is 0 Å². The van der Waals surface area contributed by atoms with Crippen molar-refractivity contribution in [3.63, 3.8) is 0 Å². The van der Waals surface area contributed by atoms with Gasteiger partial charge in [0.1, 0.15) is 0 Å². The molecule has 1 aliphatic rings. The number of hydrogen-bond acceptors (Lipinski definition) is 2. The van der Waals surface area contributed by atoms with Gasteiger partial charge in [-0.05, 0) is 56.8 Å². The number of benzene rings is 1. The van der Waals surface area contributed by atoms with E-state index in [0.717, 1.165) is 12.1 Å². The summed E-state index contributed by atoms with van der Waals surface area (Å²) in [7, 11) is 0. The molecular formula is C18H27NO. The maximum absolute atomic E-state index is 12.5. The molecule has 0 N–H and O–H groups in total. The van der Waals surface area contributed by atoms with Crippen molar-refractivity contribution in [2.75, 3.05) is 13.1 Å². The lowest BCUT2D eigenvalue weighted by atomic mass is 9.97. The first-order chi connectivity index (χ1) is 9.61. The Morgan fingerprint density at radius 3 is 2.75 bits per heavy atom. The number of hydrogen-bond donors (Lipinski definition) is 0. The monoisotopic (exact) mass is 273 g/mol. The first kappa shape index (κ1) is 15.2. The van der Waals surface area contributed by atoms with Gasteiger partial charge in [-0.3, -0.25) is 9.69 Å². The van der Waals surface area contributed by atoms with Gasteiger partial charge in [0, 0.05) is 11.6 Å². The van der Waals surface area contributed by atoms with Crippen molar-refractivity contribution in [1.29, 1.82) is 0 Å². The molecule has 0 aromatic heterocycles. The van der Waals surface area contributed by atoms with E-state index in [9.17, 15) is 4.79 Å². The Labute approximate surface area is 123 Å². The molecule has 0 amide bonds. The predicted molar refractivity (Wildman–Crippen MR) is 84.4 cm³/mol. The van der Waals surface area contributed by atoms with Crippen LogP contribution in [0.5, 0.6) is 0 Å². The zero-order chi connectivity index (χ0) is 14.5. The molecule has 1 aromatic rings. The molecule has 110 valence electrons. The minimum Gasteiger partial charge on any atom is -0.293 e. The number of carbonyl (C=O) groups is 1. The molecule has 0 spiro atoms. The second kappa shape index (κ2) is 7.03. The van der Waals surface area contributed by atoms with E-state index < -0.39 is 0 Å². The predicted octanol–water partition coefficient (Wildman–Crippen LogP) is 4.14. The Kier molecular flexibility index (Phi) is 5.36. The number of rotatable bonds is 5. The fraction of sp³-hybridized carbons (Fsp3) is 0.611. The van der Waals surface area contributed by atoms with Crippen LogP contribution < -0.4 is 0 Å². The second-order valence-corrected chi connectivity index (χ2v) is 6.13. The van der Waals surface area contributed by atoms with Crippen molar-refractivity contribution in [1.82, 2.24) is 4.90 Å². The maximum Gasteiger partial charge on any atom is 0.176 e. The molecule has 20 heavy (non-hydrogen) atoms. The third kappa shape index (κ3) is 3.69. The number of carbonyl (C=O) groups excluding carboxylic acids is 1. The Bertz CT molecular complexity index is 464. The summed E-state index contributed by atoms with van der Waals surface area (Å²) in [6.07, 6.45) is 6.24. The third-order valence-corrected chi connectivity index (χ3v) is 4.55. The fourth-order valence-corrected chi connectivity index (χ4v) is 3.12. The molecule has 1 atom stereocenters. The summed E-state index contributed by atoms with van der Waals surface area (Å²) >= 11 is 0. The number of aryl methyl sites for hydroxylation is 2. The van der Waals surface area contributed by atoms with Crippen LogP contribution in [0.2, 0.25) is 0 Å². The summed E-state index contributed by atoms with van der Waals surface area (Å²) in [5.74, 6) is 0.274. The number of likely N-dealkylation sites (tertiary alicyclic amines) is 1. The highest BCUT2D eigenvalue weighted by atomic mass is 16.1. The van der Waals surface area contributed by atoms with E-state index in [1.807, 2.05) is 12.1 Å². The maximum atomic E-state index is 12.5. The Hall–Kier alpha value is -1.15. The standard InChI is InChI=1S/C18H27NO/c1-4-7-17-8-5-6-11-19(17)13-18(20)16-10-9-14(2)15(3)12-16/h9-10,12,17H,4-8,11,13H2,1-3H3. The van der Waals surface area contributed by atoms with E-state index in [1.165, 1.54) is 43.2 Å². The van der Waals surface area contributed by atoms with Crippen molar-refractivity contribution in [2.24, 2.45) is 0 Å². The van der Waals surface area contributed by atoms with E-state index in [2.05, 4.69) is 31.7 Å². The summed E-state index contributed by atoms with van der Waals surface area (Å²) in [5, 5.41) is 0. The van der Waals surface area contributed by atoms with Gasteiger partial charge in [-0.25, -0.2) is 0 Å². The number of piperidine rings is 1. The van der Waals surface area contributed by atoms with Gasteiger partial charge in [-0.1, -0.05) is 31.9 Å². The lowest BCUT2D eigenvalue weighted by molar-refractivity contribution is 0.0831. The van der Waals surface area contributed by atoms with E-state index in [-0.39, 0.29) is 5.78 Å². The highest BCUT2D eigenvalue weighted by Gasteiger charge is 2.23. The zero-order valence-electron chi connectivity index (χ0n) is 13.1. The van der Waals surface area contributed by atoms with Crippen LogP contribution >= 0.6 is 0 Å². The molecule has 1 saturated heterocycles. The highest BCUT2D eigenvalue weighted by Crippen LogP contribution is 2.21. The van der Waals surface area contributed by atoms with Crippen LogP contribution in [-0.4, -0.2) is 29.8 Å². The minimum absolute atomic E-state index is 0.274. The molecule has 1 aliphatic heterocycles. The summed E-state index contributed by atoms with van der Waals surface area (Å²) in [6, 6.07) is 6.69. The molecular weight excluding hydrogens is 246 g/mol. The van der Waals surface area contributed by atoms with Crippen LogP contribution in [0.15, 0.2) is 18.2 Å². The SMILES string of the molecule is CCCC1CCCCN1CC(=O)c1ccc(C)c(C)c1. The van der Waals surface area contributed by atoms with E-state index in [1.54, 1.807) is 0 Å². The lowest BCUT2D eigenvalue weighted by Gasteiger charge is -2.35. The van der Waals surface area contributed by atoms with Gasteiger partial charge in [-0.15, -0.1) is 0 Å². The number of nitrogens with zero attached hydrogens (tertiary/aromatic N) is 1. The summed E-state index contributed by atoms with van der Waals surface area (Å²) in [4.78, 5) is 14.9. The Morgan fingerprint density at radius 2 is 2.05 bits per heavy atom. The lowest BCUT2D eigenvalue weighted by Crippen LogP contribution is -2.42. The number of ketones is 1. The van der Waals surface area contributed by atoms with Gasteiger partial charge < -0.3 is 0 Å². The molecule has 2 nitrogen and oxygen atoms in total. The quantitative estimate of drug-likeness (QED) is 0.751. The summed E-state index contributed by atoms with van der Waals surface area (Å²) in [6.45, 7) is 8.07. The summed E-state index contributed by atoms with van der Waals surface area (Å²) < 4.78 is 0. The first-order valence-corrected chi connectivity index (χ1v) is 7.96. The van der Waals surface area contributed by atoms with Crippen molar-refractivity contribution < 1.29 is 4.79 Å². The molecule has 1 aromatic carbocycles. The van der Waals surface area contributed by atoms with Crippen LogP contribution in [0, 0.1) is 13.8 Å². The van der Waals surface area contributed by atoms with Gasteiger partial charge >= 0.3 is 0 Å². The molecule has 2 heteroatoms.